The molecule has 0 atom stereocenters. The lowest BCUT2D eigenvalue weighted by atomic mass is 9.79. The fourth-order valence-electron chi connectivity index (χ4n) is 3.29. The lowest BCUT2D eigenvalue weighted by molar-refractivity contribution is -0.118. The molecular weight excluding hydrogens is 310 g/mol. The van der Waals surface area contributed by atoms with E-state index >= 15 is 0 Å². The highest BCUT2D eigenvalue weighted by Gasteiger charge is 2.33. The molecule has 2 aliphatic rings. The molecule has 24 heavy (non-hydrogen) atoms. The second-order valence-corrected chi connectivity index (χ2v) is 6.38. The second-order valence-electron chi connectivity index (χ2n) is 6.38. The van der Waals surface area contributed by atoms with E-state index in [1.54, 1.807) is 25.3 Å². The number of piperidine rings is 1. The summed E-state index contributed by atoms with van der Waals surface area (Å²) in [6.07, 6.45) is 1.92. The first-order valence-electron chi connectivity index (χ1n) is 8.17. The van der Waals surface area contributed by atoms with Gasteiger partial charge in [0.15, 0.2) is 12.4 Å². The van der Waals surface area contributed by atoms with Crippen LogP contribution in [0.25, 0.3) is 0 Å². The lowest BCUT2D eigenvalue weighted by Crippen LogP contribution is -2.47. The minimum Gasteiger partial charge on any atom is -0.481 e. The Kier molecular flexibility index (Phi) is 5.01. The first kappa shape index (κ1) is 16.7. The molecule has 1 fully saturated rings. The van der Waals surface area contributed by atoms with Crippen molar-refractivity contribution in [2.45, 2.75) is 12.8 Å². The van der Waals surface area contributed by atoms with Gasteiger partial charge in [-0.3, -0.25) is 9.59 Å². The van der Waals surface area contributed by atoms with E-state index in [1.165, 1.54) is 0 Å². The summed E-state index contributed by atoms with van der Waals surface area (Å²) >= 11 is 0. The zero-order valence-corrected chi connectivity index (χ0v) is 13.8. The molecule has 0 saturated carbocycles. The van der Waals surface area contributed by atoms with Crippen molar-refractivity contribution in [2.24, 2.45) is 5.41 Å². The Bertz CT molecular complexity index is 621. The average molecular weight is 333 g/mol. The Labute approximate surface area is 141 Å². The van der Waals surface area contributed by atoms with Crippen LogP contribution in [0.1, 0.15) is 23.2 Å². The molecule has 1 aromatic carbocycles. The van der Waals surface area contributed by atoms with Crippen molar-refractivity contribution in [1.29, 1.82) is 0 Å². The lowest BCUT2D eigenvalue weighted by Gasteiger charge is -2.37. The van der Waals surface area contributed by atoms with E-state index in [-0.39, 0.29) is 23.8 Å². The molecule has 0 radical (unpaired) electrons. The van der Waals surface area contributed by atoms with Gasteiger partial charge in [-0.15, -0.1) is 0 Å². The van der Waals surface area contributed by atoms with Gasteiger partial charge >= 0.3 is 0 Å². The van der Waals surface area contributed by atoms with Crippen molar-refractivity contribution in [2.75, 3.05) is 45.3 Å². The monoisotopic (exact) mass is 333 g/mol. The molecule has 2 amide bonds. The number of benzene rings is 1. The highest BCUT2D eigenvalue weighted by atomic mass is 16.5. The quantitative estimate of drug-likeness (QED) is 0.740. The summed E-state index contributed by atoms with van der Waals surface area (Å²) in [5.74, 6) is 0.0199. The van der Waals surface area contributed by atoms with Gasteiger partial charge in [-0.2, -0.15) is 0 Å². The highest BCUT2D eigenvalue weighted by Crippen LogP contribution is 2.32. The molecule has 1 aromatic rings. The first-order valence-corrected chi connectivity index (χ1v) is 8.17. The molecule has 0 aromatic heterocycles. The van der Waals surface area contributed by atoms with E-state index in [4.69, 9.17) is 9.47 Å². The molecule has 0 aliphatic carbocycles. The maximum Gasteiger partial charge on any atom is 0.262 e. The molecule has 7 heteroatoms. The summed E-state index contributed by atoms with van der Waals surface area (Å²) < 4.78 is 10.8. The number of hydrogen-bond donors (Lipinski definition) is 3. The van der Waals surface area contributed by atoms with Crippen LogP contribution in [0.4, 0.5) is 5.69 Å². The molecule has 2 heterocycles. The number of para-hydroxylation sites is 1. The standard InChI is InChI=1S/C17H23N3O4/c1-23-11-17(5-7-18-8-6-17)10-19-16(22)12-3-2-4-13-15(12)24-9-14(21)20-13/h2-4,18H,5-11H2,1H3,(H,19,22)(H,20,21). The number of methoxy groups -OCH3 is 1. The number of rotatable bonds is 5. The number of amides is 2. The molecule has 0 unspecified atom stereocenters. The minimum absolute atomic E-state index is 0.0421. The zero-order chi connectivity index (χ0) is 17.0. The van der Waals surface area contributed by atoms with E-state index in [0.717, 1.165) is 25.9 Å². The van der Waals surface area contributed by atoms with Crippen LogP contribution in [-0.4, -0.2) is 51.8 Å². The molecule has 2 aliphatic heterocycles. The predicted molar refractivity (Wildman–Crippen MR) is 89.3 cm³/mol. The van der Waals surface area contributed by atoms with Crippen LogP contribution in [0.5, 0.6) is 5.75 Å². The van der Waals surface area contributed by atoms with Crippen LogP contribution in [0.2, 0.25) is 0 Å². The van der Waals surface area contributed by atoms with E-state index in [9.17, 15) is 9.59 Å². The van der Waals surface area contributed by atoms with E-state index in [2.05, 4.69) is 16.0 Å². The van der Waals surface area contributed by atoms with E-state index in [0.29, 0.717) is 30.2 Å². The molecule has 1 saturated heterocycles. The van der Waals surface area contributed by atoms with Crippen LogP contribution >= 0.6 is 0 Å². The van der Waals surface area contributed by atoms with Gasteiger partial charge in [-0.05, 0) is 38.1 Å². The highest BCUT2D eigenvalue weighted by molar-refractivity contribution is 6.03. The third-order valence-electron chi connectivity index (χ3n) is 4.62. The van der Waals surface area contributed by atoms with Crippen molar-refractivity contribution in [3.05, 3.63) is 23.8 Å². The van der Waals surface area contributed by atoms with Gasteiger partial charge in [-0.1, -0.05) is 6.07 Å². The molecular formula is C17H23N3O4. The van der Waals surface area contributed by atoms with Crippen LogP contribution in [-0.2, 0) is 9.53 Å². The summed E-state index contributed by atoms with van der Waals surface area (Å²) in [5, 5.41) is 9.07. The number of nitrogens with one attached hydrogen (secondary N) is 3. The Morgan fingerprint density at radius 1 is 1.38 bits per heavy atom. The van der Waals surface area contributed by atoms with Crippen molar-refractivity contribution < 1.29 is 19.1 Å². The maximum atomic E-state index is 12.6. The number of carbonyl (C=O) groups is 2. The SMILES string of the molecule is COCC1(CNC(=O)c2cccc3c2OCC(=O)N3)CCNCC1. The summed E-state index contributed by atoms with van der Waals surface area (Å²) in [6, 6.07) is 5.16. The van der Waals surface area contributed by atoms with Gasteiger partial charge < -0.3 is 25.4 Å². The fraction of sp³-hybridized carbons (Fsp3) is 0.529. The van der Waals surface area contributed by atoms with Gasteiger partial charge in [0.1, 0.15) is 0 Å². The maximum absolute atomic E-state index is 12.6. The molecule has 7 nitrogen and oxygen atoms in total. The number of carbonyl (C=O) groups excluding carboxylic acids is 2. The van der Waals surface area contributed by atoms with Gasteiger partial charge in [0.25, 0.3) is 11.8 Å². The summed E-state index contributed by atoms with van der Waals surface area (Å²) in [6.45, 7) is 2.95. The molecule has 0 spiro atoms. The second kappa shape index (κ2) is 7.19. The Morgan fingerprint density at radius 2 is 2.17 bits per heavy atom. The van der Waals surface area contributed by atoms with E-state index < -0.39 is 0 Å². The number of hydrogen-bond acceptors (Lipinski definition) is 5. The smallest absolute Gasteiger partial charge is 0.262 e. The average Bonchev–Trinajstić information content (AvgIpc) is 2.60. The molecule has 3 N–H and O–H groups in total. The zero-order valence-electron chi connectivity index (χ0n) is 13.8. The van der Waals surface area contributed by atoms with Gasteiger partial charge in [-0.25, -0.2) is 0 Å². The van der Waals surface area contributed by atoms with Crippen molar-refractivity contribution in [3.8, 4) is 5.75 Å². The predicted octanol–water partition coefficient (Wildman–Crippen LogP) is 0.763. The first-order chi connectivity index (χ1) is 11.6. The largest absolute Gasteiger partial charge is 0.481 e. The van der Waals surface area contributed by atoms with Crippen LogP contribution in [0.15, 0.2) is 18.2 Å². The number of anilines is 1. The van der Waals surface area contributed by atoms with Gasteiger partial charge in [0.2, 0.25) is 0 Å². The summed E-state index contributed by atoms with van der Waals surface area (Å²) in [4.78, 5) is 24.0. The Hall–Kier alpha value is -2.12. The van der Waals surface area contributed by atoms with E-state index in [1.807, 2.05) is 0 Å². The molecule has 3 rings (SSSR count). The van der Waals surface area contributed by atoms with Crippen molar-refractivity contribution in [3.63, 3.8) is 0 Å². The molecule has 130 valence electrons. The van der Waals surface area contributed by atoms with Crippen LogP contribution in [0, 0.1) is 5.41 Å². The third-order valence-corrected chi connectivity index (χ3v) is 4.62. The number of fused-ring (bicyclic) bond motifs is 1. The van der Waals surface area contributed by atoms with Crippen LogP contribution in [0.3, 0.4) is 0 Å². The topological polar surface area (TPSA) is 88.7 Å². The van der Waals surface area contributed by atoms with Crippen LogP contribution < -0.4 is 20.7 Å². The normalized spacial score (nSPS) is 19.0. The Balaban J connectivity index is 1.71. The minimum atomic E-state index is -0.214. The summed E-state index contributed by atoms with van der Waals surface area (Å²) in [5.41, 5.74) is 0.931. The number of ether oxygens (including phenoxy) is 2. The van der Waals surface area contributed by atoms with Crippen molar-refractivity contribution in [1.82, 2.24) is 10.6 Å². The van der Waals surface area contributed by atoms with Gasteiger partial charge in [0.05, 0.1) is 17.9 Å². The van der Waals surface area contributed by atoms with Gasteiger partial charge in [0, 0.05) is 19.1 Å². The molecule has 0 bridgehead atoms. The summed E-state index contributed by atoms with van der Waals surface area (Å²) in [7, 11) is 1.69. The Morgan fingerprint density at radius 3 is 2.92 bits per heavy atom. The third kappa shape index (κ3) is 3.52. The fourth-order valence-corrected chi connectivity index (χ4v) is 3.29. The van der Waals surface area contributed by atoms with Crippen molar-refractivity contribution >= 4 is 17.5 Å².